The summed E-state index contributed by atoms with van der Waals surface area (Å²) in [6.07, 6.45) is 0. The van der Waals surface area contributed by atoms with Crippen molar-refractivity contribution < 1.29 is 19.4 Å². The van der Waals surface area contributed by atoms with Crippen LogP contribution in [-0.2, 0) is 16.1 Å². The third-order valence-electron chi connectivity index (χ3n) is 3.51. The Labute approximate surface area is 127 Å². The average molecular weight is 312 g/mol. The number of nitrogens with one attached hydrogen (secondary N) is 1. The molecule has 0 saturated carbocycles. The molecule has 0 unspecified atom stereocenters. The number of ether oxygens (including phenoxy) is 1. The maximum Gasteiger partial charge on any atom is 0.329 e. The number of rotatable bonds is 5. The number of urea groups is 1. The molecule has 21 heavy (non-hydrogen) atoms. The molecule has 2 rings (SSSR count). The fourth-order valence-electron chi connectivity index (χ4n) is 2.24. The fourth-order valence-corrected chi connectivity index (χ4v) is 3.24. The van der Waals surface area contributed by atoms with Crippen LogP contribution in [0.15, 0.2) is 6.07 Å². The lowest BCUT2D eigenvalue weighted by atomic mass is 9.97. The second-order valence-electron chi connectivity index (χ2n) is 5.60. The van der Waals surface area contributed by atoms with Crippen LogP contribution in [0.25, 0.3) is 0 Å². The van der Waals surface area contributed by atoms with E-state index in [0.29, 0.717) is 19.6 Å². The highest BCUT2D eigenvalue weighted by molar-refractivity contribution is 7.12. The first kappa shape index (κ1) is 15.8. The number of hydrogen-bond acceptors (Lipinski definition) is 4. The van der Waals surface area contributed by atoms with E-state index < -0.39 is 11.6 Å². The van der Waals surface area contributed by atoms with Crippen LogP contribution < -0.4 is 5.32 Å². The van der Waals surface area contributed by atoms with Gasteiger partial charge >= 0.3 is 12.0 Å². The quantitative estimate of drug-likeness (QED) is 0.868. The van der Waals surface area contributed by atoms with Gasteiger partial charge in [-0.05, 0) is 32.4 Å². The van der Waals surface area contributed by atoms with Crippen molar-refractivity contribution in [1.82, 2.24) is 10.2 Å². The minimum absolute atomic E-state index is 0.143. The second kappa shape index (κ2) is 6.03. The zero-order valence-electron chi connectivity index (χ0n) is 12.4. The summed E-state index contributed by atoms with van der Waals surface area (Å²) in [6, 6.07) is 1.94. The van der Waals surface area contributed by atoms with E-state index in [2.05, 4.69) is 25.2 Å². The predicted octanol–water partition coefficient (Wildman–Crippen LogP) is 1.75. The topological polar surface area (TPSA) is 78.9 Å². The summed E-state index contributed by atoms with van der Waals surface area (Å²) in [6.45, 7) is 6.93. The summed E-state index contributed by atoms with van der Waals surface area (Å²) in [5.74, 6) is -0.998. The zero-order valence-corrected chi connectivity index (χ0v) is 13.2. The van der Waals surface area contributed by atoms with Gasteiger partial charge in [0.15, 0.2) is 0 Å². The van der Waals surface area contributed by atoms with Crippen molar-refractivity contribution in [1.29, 1.82) is 0 Å². The number of amides is 2. The van der Waals surface area contributed by atoms with Gasteiger partial charge in [0.2, 0.25) is 0 Å². The van der Waals surface area contributed by atoms with Crippen molar-refractivity contribution in [3.63, 3.8) is 0 Å². The summed E-state index contributed by atoms with van der Waals surface area (Å²) in [5.41, 5.74) is 0.689. The Kier molecular flexibility index (Phi) is 4.53. The van der Waals surface area contributed by atoms with Crippen LogP contribution in [0, 0.1) is 13.8 Å². The van der Waals surface area contributed by atoms with Crippen LogP contribution in [0.2, 0.25) is 0 Å². The lowest BCUT2D eigenvalue weighted by molar-refractivity contribution is -0.159. The normalized spacial score (nSPS) is 16.4. The number of aliphatic carboxylic acids is 1. The monoisotopic (exact) mass is 312 g/mol. The van der Waals surface area contributed by atoms with Crippen LogP contribution in [0.4, 0.5) is 4.79 Å². The molecule has 2 N–H and O–H groups in total. The van der Waals surface area contributed by atoms with Crippen LogP contribution >= 0.6 is 11.3 Å². The molecule has 1 aliphatic heterocycles. The Morgan fingerprint density at radius 2 is 2.14 bits per heavy atom. The Balaban J connectivity index is 1.75. The molecule has 7 heteroatoms. The largest absolute Gasteiger partial charge is 0.480 e. The molecule has 6 nitrogen and oxygen atoms in total. The van der Waals surface area contributed by atoms with Gasteiger partial charge in [-0.1, -0.05) is 0 Å². The van der Waals surface area contributed by atoms with Crippen LogP contribution in [0.3, 0.4) is 0 Å². The highest BCUT2D eigenvalue weighted by Gasteiger charge is 2.42. The van der Waals surface area contributed by atoms with Gasteiger partial charge in [-0.2, -0.15) is 0 Å². The van der Waals surface area contributed by atoms with E-state index in [1.807, 2.05) is 6.92 Å². The number of aryl methyl sites for hydroxylation is 2. The van der Waals surface area contributed by atoms with Gasteiger partial charge in [0, 0.05) is 9.75 Å². The number of nitrogens with zero attached hydrogens (tertiary/aromatic N) is 1. The highest BCUT2D eigenvalue weighted by atomic mass is 32.1. The number of carboxylic acids is 1. The number of likely N-dealkylation sites (tertiary alicyclic amines) is 1. The molecule has 1 fully saturated rings. The first-order valence-electron chi connectivity index (χ1n) is 6.73. The minimum Gasteiger partial charge on any atom is -0.480 e. The van der Waals surface area contributed by atoms with E-state index in [-0.39, 0.29) is 12.6 Å². The van der Waals surface area contributed by atoms with Crippen LogP contribution in [0.1, 0.15) is 22.2 Å². The lowest BCUT2D eigenvalue weighted by Gasteiger charge is -2.46. The van der Waals surface area contributed by atoms with E-state index in [4.69, 9.17) is 9.84 Å². The molecule has 1 aromatic rings. The summed E-state index contributed by atoms with van der Waals surface area (Å²) in [4.78, 5) is 26.4. The number of carboxylic acid groups (broad SMARTS) is 1. The van der Waals surface area contributed by atoms with Crippen molar-refractivity contribution >= 4 is 23.3 Å². The van der Waals surface area contributed by atoms with Crippen LogP contribution in [-0.4, -0.2) is 47.3 Å². The summed E-state index contributed by atoms with van der Waals surface area (Å²) in [7, 11) is 0. The second-order valence-corrected chi connectivity index (χ2v) is 6.94. The molecule has 0 radical (unpaired) electrons. The summed E-state index contributed by atoms with van der Waals surface area (Å²) < 4.78 is 5.27. The van der Waals surface area contributed by atoms with Crippen molar-refractivity contribution in [2.75, 3.05) is 19.7 Å². The van der Waals surface area contributed by atoms with Gasteiger partial charge in [0.25, 0.3) is 0 Å². The predicted molar refractivity (Wildman–Crippen MR) is 79.6 cm³/mol. The molecule has 0 aromatic carbocycles. The molecule has 116 valence electrons. The van der Waals surface area contributed by atoms with E-state index in [9.17, 15) is 9.59 Å². The third kappa shape index (κ3) is 3.95. The standard InChI is InChI=1S/C14H20N2O4S/c1-9-4-11(21-10(9)2)5-15-13(19)16-7-14(3,8-16)20-6-12(17)18/h4H,5-8H2,1-3H3,(H,15,19)(H,17,18). The fraction of sp³-hybridized carbons (Fsp3) is 0.571. The first-order valence-corrected chi connectivity index (χ1v) is 7.55. The maximum atomic E-state index is 12.0. The van der Waals surface area contributed by atoms with Gasteiger partial charge in [-0.3, -0.25) is 0 Å². The van der Waals surface area contributed by atoms with Crippen LogP contribution in [0.5, 0.6) is 0 Å². The molecule has 1 aliphatic rings. The molecule has 0 spiro atoms. The number of carbonyl (C=O) groups is 2. The summed E-state index contributed by atoms with van der Waals surface area (Å²) >= 11 is 1.68. The van der Waals surface area contributed by atoms with Gasteiger partial charge < -0.3 is 20.1 Å². The molecule has 2 amide bonds. The Morgan fingerprint density at radius 3 is 2.67 bits per heavy atom. The Hall–Kier alpha value is -1.60. The van der Waals surface area contributed by atoms with Crippen molar-refractivity contribution in [2.45, 2.75) is 32.9 Å². The first-order chi connectivity index (χ1) is 9.79. The zero-order chi connectivity index (χ0) is 15.6. The molecular formula is C14H20N2O4S. The lowest BCUT2D eigenvalue weighted by Crippen LogP contribution is -2.65. The highest BCUT2D eigenvalue weighted by Crippen LogP contribution is 2.25. The van der Waals surface area contributed by atoms with Gasteiger partial charge in [0.05, 0.1) is 19.6 Å². The minimum atomic E-state index is -0.998. The van der Waals surface area contributed by atoms with Gasteiger partial charge in [-0.25, -0.2) is 9.59 Å². The number of carbonyl (C=O) groups excluding carboxylic acids is 1. The molecule has 0 atom stereocenters. The third-order valence-corrected chi connectivity index (χ3v) is 4.67. The number of thiophene rings is 1. The SMILES string of the molecule is Cc1cc(CNC(=O)N2CC(C)(OCC(=O)O)C2)sc1C. The average Bonchev–Trinajstić information content (AvgIpc) is 2.69. The Bertz CT molecular complexity index is 530. The smallest absolute Gasteiger partial charge is 0.329 e. The van der Waals surface area contributed by atoms with E-state index in [0.717, 1.165) is 4.88 Å². The van der Waals surface area contributed by atoms with Gasteiger partial charge in [0.1, 0.15) is 12.2 Å². The Morgan fingerprint density at radius 1 is 1.48 bits per heavy atom. The van der Waals surface area contributed by atoms with E-state index >= 15 is 0 Å². The molecule has 0 bridgehead atoms. The van der Waals surface area contributed by atoms with Crippen molar-refractivity contribution in [2.24, 2.45) is 0 Å². The number of hydrogen-bond donors (Lipinski definition) is 2. The van der Waals surface area contributed by atoms with Crippen molar-refractivity contribution in [3.05, 3.63) is 21.4 Å². The van der Waals surface area contributed by atoms with E-state index in [1.165, 1.54) is 10.4 Å². The molecule has 1 saturated heterocycles. The van der Waals surface area contributed by atoms with E-state index in [1.54, 1.807) is 16.2 Å². The molecule has 1 aromatic heterocycles. The molecule has 2 heterocycles. The maximum absolute atomic E-state index is 12.0. The summed E-state index contributed by atoms with van der Waals surface area (Å²) in [5, 5.41) is 11.5. The van der Waals surface area contributed by atoms with Crippen molar-refractivity contribution in [3.8, 4) is 0 Å². The molecular weight excluding hydrogens is 292 g/mol. The molecule has 0 aliphatic carbocycles. The van der Waals surface area contributed by atoms with Gasteiger partial charge in [-0.15, -0.1) is 11.3 Å².